The van der Waals surface area contributed by atoms with Crippen molar-refractivity contribution in [2.75, 3.05) is 26.0 Å². The number of carbonyl (C=O) groups is 1. The van der Waals surface area contributed by atoms with Crippen LogP contribution in [-0.2, 0) is 20.4 Å². The fraction of sp³-hybridized carbons (Fsp3) is 0.222. The molecule has 0 unspecified atom stereocenters. The highest BCUT2D eigenvalue weighted by Gasteiger charge is 2.17. The number of hydrogen-bond acceptors (Lipinski definition) is 5. The zero-order valence-electron chi connectivity index (χ0n) is 19.3. The maximum absolute atomic E-state index is 12.3. The van der Waals surface area contributed by atoms with Gasteiger partial charge in [-0.1, -0.05) is 72.3 Å². The molecule has 178 valence electrons. The third-order valence-electron chi connectivity index (χ3n) is 5.22. The average Bonchev–Trinajstić information content (AvgIpc) is 2.82. The van der Waals surface area contributed by atoms with E-state index in [1.165, 1.54) is 5.56 Å². The summed E-state index contributed by atoms with van der Waals surface area (Å²) in [7, 11) is -1.98. The molecule has 0 bridgehead atoms. The molecular formula is C27H29NO5S. The smallest absolute Gasteiger partial charge is 0.235 e. The van der Waals surface area contributed by atoms with E-state index in [1.54, 1.807) is 19.2 Å². The van der Waals surface area contributed by atoms with Crippen molar-refractivity contribution in [2.24, 2.45) is 0 Å². The molecule has 0 fully saturated rings. The second-order valence-electron chi connectivity index (χ2n) is 8.00. The van der Waals surface area contributed by atoms with Crippen molar-refractivity contribution in [1.29, 1.82) is 0 Å². The van der Waals surface area contributed by atoms with Crippen molar-refractivity contribution in [1.82, 2.24) is 5.32 Å². The number of benzene rings is 3. The van der Waals surface area contributed by atoms with E-state index in [9.17, 15) is 13.2 Å². The predicted molar refractivity (Wildman–Crippen MR) is 136 cm³/mol. The summed E-state index contributed by atoms with van der Waals surface area (Å²) < 4.78 is 30.1. The van der Waals surface area contributed by atoms with Crippen molar-refractivity contribution in [3.05, 3.63) is 89.0 Å². The van der Waals surface area contributed by atoms with Crippen LogP contribution in [-0.4, -0.2) is 45.4 Å². The van der Waals surface area contributed by atoms with E-state index in [4.69, 9.17) is 9.84 Å². The maximum Gasteiger partial charge on any atom is 0.235 e. The Morgan fingerprint density at radius 3 is 2.29 bits per heavy atom. The van der Waals surface area contributed by atoms with Gasteiger partial charge in [-0.05, 0) is 41.3 Å². The molecule has 0 aliphatic carbocycles. The lowest BCUT2D eigenvalue weighted by atomic mass is 10.0. The number of carbonyl (C=O) groups excluding carboxylic acids is 1. The van der Waals surface area contributed by atoms with Crippen molar-refractivity contribution in [2.45, 2.75) is 12.7 Å². The van der Waals surface area contributed by atoms with E-state index < -0.39 is 21.5 Å². The molecule has 0 aliphatic rings. The van der Waals surface area contributed by atoms with E-state index in [1.807, 2.05) is 42.5 Å². The summed E-state index contributed by atoms with van der Waals surface area (Å²) in [6.45, 7) is 1.85. The second kappa shape index (κ2) is 11.6. The van der Waals surface area contributed by atoms with Crippen LogP contribution in [0.5, 0.6) is 5.75 Å². The van der Waals surface area contributed by atoms with Crippen LogP contribution >= 0.6 is 0 Å². The SMILES string of the molecule is COc1ccc(-c2ccc(CS(=O)(=O)CC(=O)NCCO)cc2)cc1/C=C/c1ccc(C)cc1. The molecule has 1 amide bonds. The molecule has 7 heteroatoms. The highest BCUT2D eigenvalue weighted by Crippen LogP contribution is 2.28. The fourth-order valence-electron chi connectivity index (χ4n) is 3.45. The van der Waals surface area contributed by atoms with Gasteiger partial charge in [0.2, 0.25) is 5.91 Å². The monoisotopic (exact) mass is 479 g/mol. The average molecular weight is 480 g/mol. The van der Waals surface area contributed by atoms with Crippen molar-refractivity contribution in [3.8, 4) is 16.9 Å². The molecule has 3 aromatic rings. The number of sulfone groups is 1. The van der Waals surface area contributed by atoms with Crippen molar-refractivity contribution >= 4 is 27.9 Å². The molecule has 0 saturated carbocycles. The van der Waals surface area contributed by atoms with Gasteiger partial charge >= 0.3 is 0 Å². The number of amides is 1. The lowest BCUT2D eigenvalue weighted by Gasteiger charge is -2.10. The van der Waals surface area contributed by atoms with Gasteiger partial charge in [-0.15, -0.1) is 0 Å². The first-order valence-corrected chi connectivity index (χ1v) is 12.7. The Bertz CT molecular complexity index is 1250. The highest BCUT2D eigenvalue weighted by atomic mass is 32.2. The van der Waals surface area contributed by atoms with Crippen LogP contribution in [0.3, 0.4) is 0 Å². The highest BCUT2D eigenvalue weighted by molar-refractivity contribution is 7.91. The van der Waals surface area contributed by atoms with Crippen LogP contribution in [0.4, 0.5) is 0 Å². The van der Waals surface area contributed by atoms with Gasteiger partial charge in [-0.25, -0.2) is 8.42 Å². The normalized spacial score (nSPS) is 11.5. The van der Waals surface area contributed by atoms with Gasteiger partial charge in [0.25, 0.3) is 0 Å². The number of methoxy groups -OCH3 is 1. The Balaban J connectivity index is 1.75. The quantitative estimate of drug-likeness (QED) is 0.431. The first kappa shape index (κ1) is 25.2. The van der Waals surface area contributed by atoms with Crippen molar-refractivity contribution in [3.63, 3.8) is 0 Å². The van der Waals surface area contributed by atoms with E-state index in [0.29, 0.717) is 5.56 Å². The third-order valence-corrected chi connectivity index (χ3v) is 6.70. The Labute approximate surface area is 200 Å². The largest absolute Gasteiger partial charge is 0.496 e. The lowest BCUT2D eigenvalue weighted by Crippen LogP contribution is -2.32. The van der Waals surface area contributed by atoms with Gasteiger partial charge in [0, 0.05) is 12.1 Å². The summed E-state index contributed by atoms with van der Waals surface area (Å²) >= 11 is 0. The molecule has 2 N–H and O–H groups in total. The molecular weight excluding hydrogens is 450 g/mol. The van der Waals surface area contributed by atoms with Gasteiger partial charge in [-0.3, -0.25) is 4.79 Å². The Kier molecular flexibility index (Phi) is 8.62. The minimum atomic E-state index is -3.61. The molecule has 3 aromatic carbocycles. The van der Waals surface area contributed by atoms with Gasteiger partial charge in [0.15, 0.2) is 9.84 Å². The number of ether oxygens (including phenoxy) is 1. The number of aliphatic hydroxyl groups excluding tert-OH is 1. The third kappa shape index (κ3) is 7.30. The molecule has 34 heavy (non-hydrogen) atoms. The molecule has 0 aliphatic heterocycles. The standard InChI is InChI=1S/C27H29NO5S/c1-20-3-5-21(6-4-20)7-12-25-17-24(13-14-26(25)33-2)23-10-8-22(9-11-23)18-34(31,32)19-27(30)28-15-16-29/h3-14,17,29H,15-16,18-19H2,1-2H3,(H,28,30)/b12-7+. The number of nitrogens with one attached hydrogen (secondary N) is 1. The van der Waals surface area contributed by atoms with Gasteiger partial charge in [0.1, 0.15) is 11.5 Å². The summed E-state index contributed by atoms with van der Waals surface area (Å²) in [5.74, 6) is -0.693. The summed E-state index contributed by atoms with van der Waals surface area (Å²) in [6, 6.07) is 21.4. The van der Waals surface area contributed by atoms with Crippen LogP contribution in [0.1, 0.15) is 22.3 Å². The zero-order chi connectivity index (χ0) is 24.6. The van der Waals surface area contributed by atoms with E-state index in [0.717, 1.165) is 28.0 Å². The number of rotatable bonds is 10. The van der Waals surface area contributed by atoms with Gasteiger partial charge in [-0.2, -0.15) is 0 Å². The number of aryl methyl sites for hydroxylation is 1. The van der Waals surface area contributed by atoms with Crippen molar-refractivity contribution < 1.29 is 23.1 Å². The predicted octanol–water partition coefficient (Wildman–Crippen LogP) is 3.86. The maximum atomic E-state index is 12.3. The molecule has 0 atom stereocenters. The topological polar surface area (TPSA) is 92.7 Å². The molecule has 0 saturated heterocycles. The Hall–Kier alpha value is -3.42. The molecule has 0 radical (unpaired) electrons. The van der Waals surface area contributed by atoms with Crippen LogP contribution in [0.15, 0.2) is 66.7 Å². The minimum absolute atomic E-state index is 0.0348. The molecule has 0 heterocycles. The lowest BCUT2D eigenvalue weighted by molar-refractivity contribution is -0.118. The van der Waals surface area contributed by atoms with Gasteiger partial charge < -0.3 is 15.2 Å². The van der Waals surface area contributed by atoms with Gasteiger partial charge in [0.05, 0.1) is 19.5 Å². The summed E-state index contributed by atoms with van der Waals surface area (Å²) in [5.41, 5.74) is 5.75. The van der Waals surface area contributed by atoms with Crippen LogP contribution in [0.2, 0.25) is 0 Å². The van der Waals surface area contributed by atoms with E-state index in [2.05, 4.69) is 36.5 Å². The first-order valence-electron chi connectivity index (χ1n) is 10.9. The number of hydrogen-bond donors (Lipinski definition) is 2. The Morgan fingerprint density at radius 2 is 1.65 bits per heavy atom. The zero-order valence-corrected chi connectivity index (χ0v) is 20.1. The molecule has 3 rings (SSSR count). The molecule has 0 spiro atoms. The Morgan fingerprint density at radius 1 is 0.971 bits per heavy atom. The molecule has 6 nitrogen and oxygen atoms in total. The molecule has 0 aromatic heterocycles. The van der Waals surface area contributed by atoms with Crippen LogP contribution in [0.25, 0.3) is 23.3 Å². The van der Waals surface area contributed by atoms with E-state index in [-0.39, 0.29) is 18.9 Å². The van der Waals surface area contributed by atoms with Crippen LogP contribution in [0, 0.1) is 6.92 Å². The summed E-state index contributed by atoms with van der Waals surface area (Å²) in [5, 5.41) is 11.1. The summed E-state index contributed by atoms with van der Waals surface area (Å²) in [4.78, 5) is 11.7. The fourth-order valence-corrected chi connectivity index (χ4v) is 4.76. The summed E-state index contributed by atoms with van der Waals surface area (Å²) in [6.07, 6.45) is 4.04. The number of aliphatic hydroxyl groups is 1. The second-order valence-corrected chi connectivity index (χ2v) is 10.1. The van der Waals surface area contributed by atoms with Crippen LogP contribution < -0.4 is 10.1 Å². The van der Waals surface area contributed by atoms with E-state index >= 15 is 0 Å². The first-order chi connectivity index (χ1) is 16.3. The minimum Gasteiger partial charge on any atom is -0.496 e.